The summed E-state index contributed by atoms with van der Waals surface area (Å²) < 4.78 is 0.573. The predicted octanol–water partition coefficient (Wildman–Crippen LogP) is 3.49. The van der Waals surface area contributed by atoms with Gasteiger partial charge in [0.1, 0.15) is 0 Å². The molecule has 3 aromatic rings. The van der Waals surface area contributed by atoms with Crippen LogP contribution in [0.3, 0.4) is 0 Å². The van der Waals surface area contributed by atoms with Crippen LogP contribution in [0.1, 0.15) is 22.4 Å². The number of aryl methyl sites for hydroxylation is 1. The molecule has 112 valence electrons. The van der Waals surface area contributed by atoms with Gasteiger partial charge in [-0.1, -0.05) is 18.2 Å². The fraction of sp³-hybridized carbons (Fsp3) is 0.294. The molecule has 2 aromatic heterocycles. The minimum atomic E-state index is 0.573. The highest BCUT2D eigenvalue weighted by molar-refractivity contribution is 7.71. The number of H-pyrrole nitrogens is 2. The van der Waals surface area contributed by atoms with E-state index in [1.165, 1.54) is 33.3 Å². The molecule has 0 radical (unpaired) electrons. The molecule has 5 heteroatoms. The van der Waals surface area contributed by atoms with Crippen LogP contribution >= 0.6 is 12.2 Å². The highest BCUT2D eigenvalue weighted by Gasteiger charge is 2.18. The topological polar surface area (TPSA) is 47.7 Å². The second-order valence-corrected chi connectivity index (χ2v) is 6.35. The van der Waals surface area contributed by atoms with Crippen LogP contribution in [0.15, 0.2) is 30.6 Å². The molecule has 0 atom stereocenters. The Morgan fingerprint density at radius 1 is 1.36 bits per heavy atom. The average Bonchev–Trinajstić information content (AvgIpc) is 2.91. The molecule has 1 aliphatic heterocycles. The van der Waals surface area contributed by atoms with Crippen LogP contribution < -0.4 is 0 Å². The van der Waals surface area contributed by atoms with E-state index in [0.717, 1.165) is 26.1 Å². The van der Waals surface area contributed by atoms with Gasteiger partial charge in [0.25, 0.3) is 0 Å². The van der Waals surface area contributed by atoms with Crippen molar-refractivity contribution in [3.05, 3.63) is 57.7 Å². The summed E-state index contributed by atoms with van der Waals surface area (Å²) in [5.74, 6) is 0. The van der Waals surface area contributed by atoms with E-state index in [1.54, 1.807) is 0 Å². The van der Waals surface area contributed by atoms with Gasteiger partial charge in [-0.25, -0.2) is 4.98 Å². The summed E-state index contributed by atoms with van der Waals surface area (Å²) in [5, 5.41) is 1.33. The standard InChI is InChI=1S/C17H18N4S/c1-11-3-2-4-14-13(8-18-16(11)14)9-21-6-5-12-7-19-17(22)20-15(12)10-21/h2-4,7-8,18H,5-6,9-10H2,1H3,(H,19,20,22). The smallest absolute Gasteiger partial charge is 0.196 e. The van der Waals surface area contributed by atoms with Crippen LogP contribution in [0.25, 0.3) is 10.9 Å². The second kappa shape index (κ2) is 5.34. The lowest BCUT2D eigenvalue weighted by Crippen LogP contribution is -2.30. The van der Waals surface area contributed by atoms with Crippen molar-refractivity contribution >= 4 is 23.1 Å². The number of benzene rings is 1. The van der Waals surface area contributed by atoms with E-state index in [4.69, 9.17) is 12.2 Å². The number of hydrogen-bond donors (Lipinski definition) is 2. The normalized spacial score (nSPS) is 15.1. The first-order chi connectivity index (χ1) is 10.7. The van der Waals surface area contributed by atoms with Gasteiger partial charge in [-0.15, -0.1) is 0 Å². The number of hydrogen-bond acceptors (Lipinski definition) is 3. The molecule has 0 unspecified atom stereocenters. The van der Waals surface area contributed by atoms with Gasteiger partial charge in [-0.05, 0) is 42.3 Å². The van der Waals surface area contributed by atoms with E-state index in [0.29, 0.717) is 4.77 Å². The average molecular weight is 310 g/mol. The van der Waals surface area contributed by atoms with Gasteiger partial charge in [0.05, 0.1) is 0 Å². The zero-order valence-electron chi connectivity index (χ0n) is 12.5. The van der Waals surface area contributed by atoms with E-state index in [9.17, 15) is 0 Å². The van der Waals surface area contributed by atoms with Crippen LogP contribution in [0.2, 0.25) is 0 Å². The molecule has 2 N–H and O–H groups in total. The quantitative estimate of drug-likeness (QED) is 0.712. The second-order valence-electron chi connectivity index (χ2n) is 5.96. The fourth-order valence-electron chi connectivity index (χ4n) is 3.26. The summed E-state index contributed by atoms with van der Waals surface area (Å²) in [6.45, 7) is 5.05. The van der Waals surface area contributed by atoms with Crippen LogP contribution in [-0.4, -0.2) is 26.4 Å². The maximum atomic E-state index is 5.14. The lowest BCUT2D eigenvalue weighted by atomic mass is 10.1. The molecule has 0 spiro atoms. The molecule has 0 fully saturated rings. The number of aromatic nitrogens is 3. The van der Waals surface area contributed by atoms with E-state index in [2.05, 4.69) is 51.2 Å². The molecule has 3 heterocycles. The third kappa shape index (κ3) is 2.36. The van der Waals surface area contributed by atoms with Gasteiger partial charge in [0, 0.05) is 48.6 Å². The largest absolute Gasteiger partial charge is 0.361 e. The van der Waals surface area contributed by atoms with Gasteiger partial charge in [-0.3, -0.25) is 4.90 Å². The first kappa shape index (κ1) is 13.7. The minimum absolute atomic E-state index is 0.573. The van der Waals surface area contributed by atoms with Crippen LogP contribution in [0.5, 0.6) is 0 Å². The maximum absolute atomic E-state index is 5.14. The van der Waals surface area contributed by atoms with E-state index in [-0.39, 0.29) is 0 Å². The third-order valence-electron chi connectivity index (χ3n) is 4.47. The molecule has 1 aromatic carbocycles. The summed E-state index contributed by atoms with van der Waals surface area (Å²) >= 11 is 5.14. The van der Waals surface area contributed by atoms with Crippen molar-refractivity contribution in [2.24, 2.45) is 0 Å². The molecule has 22 heavy (non-hydrogen) atoms. The summed E-state index contributed by atoms with van der Waals surface area (Å²) in [4.78, 5) is 13.3. The molecule has 0 aliphatic carbocycles. The Morgan fingerprint density at radius 3 is 3.18 bits per heavy atom. The van der Waals surface area contributed by atoms with Crippen LogP contribution in [0, 0.1) is 11.7 Å². The fourth-order valence-corrected chi connectivity index (χ4v) is 3.44. The number of fused-ring (bicyclic) bond motifs is 2. The molecule has 0 bridgehead atoms. The van der Waals surface area contributed by atoms with Crippen molar-refractivity contribution in [3.63, 3.8) is 0 Å². The van der Waals surface area contributed by atoms with E-state index < -0.39 is 0 Å². The van der Waals surface area contributed by atoms with Crippen molar-refractivity contribution in [3.8, 4) is 0 Å². The molecule has 0 saturated carbocycles. The first-order valence-corrected chi connectivity index (χ1v) is 7.96. The number of para-hydroxylation sites is 1. The lowest BCUT2D eigenvalue weighted by molar-refractivity contribution is 0.242. The lowest BCUT2D eigenvalue weighted by Gasteiger charge is -2.27. The van der Waals surface area contributed by atoms with Crippen molar-refractivity contribution in [2.75, 3.05) is 6.54 Å². The molecule has 4 nitrogen and oxygen atoms in total. The van der Waals surface area contributed by atoms with Crippen molar-refractivity contribution < 1.29 is 0 Å². The Labute approximate surface area is 134 Å². The summed E-state index contributed by atoms with van der Waals surface area (Å²) in [7, 11) is 0. The van der Waals surface area contributed by atoms with Gasteiger partial charge < -0.3 is 9.97 Å². The zero-order chi connectivity index (χ0) is 15.1. The van der Waals surface area contributed by atoms with Crippen molar-refractivity contribution in [1.29, 1.82) is 0 Å². The Morgan fingerprint density at radius 2 is 2.27 bits per heavy atom. The van der Waals surface area contributed by atoms with Crippen LogP contribution in [-0.2, 0) is 19.5 Å². The Kier molecular flexibility index (Phi) is 3.32. The molecule has 1 aliphatic rings. The van der Waals surface area contributed by atoms with E-state index >= 15 is 0 Å². The molecule has 0 amide bonds. The zero-order valence-corrected chi connectivity index (χ0v) is 13.3. The molecular weight excluding hydrogens is 292 g/mol. The molecular formula is C17H18N4S. The minimum Gasteiger partial charge on any atom is -0.361 e. The summed E-state index contributed by atoms with van der Waals surface area (Å²) in [6.07, 6.45) is 5.08. The summed E-state index contributed by atoms with van der Waals surface area (Å²) in [5.41, 5.74) is 6.40. The summed E-state index contributed by atoms with van der Waals surface area (Å²) in [6, 6.07) is 6.47. The van der Waals surface area contributed by atoms with Gasteiger partial charge >= 0.3 is 0 Å². The number of aromatic amines is 2. The van der Waals surface area contributed by atoms with Crippen molar-refractivity contribution in [2.45, 2.75) is 26.4 Å². The van der Waals surface area contributed by atoms with Gasteiger partial charge in [-0.2, -0.15) is 0 Å². The van der Waals surface area contributed by atoms with Crippen molar-refractivity contribution in [1.82, 2.24) is 19.9 Å². The number of rotatable bonds is 2. The first-order valence-electron chi connectivity index (χ1n) is 7.56. The Bertz CT molecular complexity index is 893. The number of nitrogens with one attached hydrogen (secondary N) is 2. The Hall–Kier alpha value is -1.98. The Balaban J connectivity index is 1.61. The van der Waals surface area contributed by atoms with Gasteiger partial charge in [0.2, 0.25) is 0 Å². The predicted molar refractivity (Wildman–Crippen MR) is 90.3 cm³/mol. The van der Waals surface area contributed by atoms with Gasteiger partial charge in [0.15, 0.2) is 4.77 Å². The SMILES string of the molecule is Cc1cccc2c(CN3CCc4cnc(=S)[nH]c4C3)c[nH]c12. The number of nitrogens with zero attached hydrogens (tertiary/aromatic N) is 2. The molecule has 4 rings (SSSR count). The van der Waals surface area contributed by atoms with Crippen LogP contribution in [0.4, 0.5) is 0 Å². The van der Waals surface area contributed by atoms with E-state index in [1.807, 2.05) is 6.20 Å². The highest BCUT2D eigenvalue weighted by atomic mass is 32.1. The molecule has 0 saturated heterocycles. The monoisotopic (exact) mass is 310 g/mol. The maximum Gasteiger partial charge on any atom is 0.196 e. The highest BCUT2D eigenvalue weighted by Crippen LogP contribution is 2.24. The third-order valence-corrected chi connectivity index (χ3v) is 4.67.